The predicted molar refractivity (Wildman–Crippen MR) is 112 cm³/mol. The molecule has 29 heavy (non-hydrogen) atoms. The Hall–Kier alpha value is -3.19. The molecule has 1 saturated heterocycles. The number of rotatable bonds is 6. The third kappa shape index (κ3) is 4.81. The summed E-state index contributed by atoms with van der Waals surface area (Å²) in [5, 5.41) is 8.62. The first-order valence-electron chi connectivity index (χ1n) is 9.10. The van der Waals surface area contributed by atoms with Gasteiger partial charge in [0.1, 0.15) is 11.6 Å². The molecule has 4 rings (SSSR count). The minimum atomic E-state index is -0.346. The van der Waals surface area contributed by atoms with E-state index in [1.165, 1.54) is 23.9 Å². The number of thioether (sulfide) groups is 1. The van der Waals surface area contributed by atoms with Gasteiger partial charge in [0.2, 0.25) is 5.91 Å². The average molecular weight is 407 g/mol. The molecule has 1 aliphatic heterocycles. The van der Waals surface area contributed by atoms with Crippen LogP contribution in [0, 0.1) is 5.82 Å². The van der Waals surface area contributed by atoms with Gasteiger partial charge in [-0.25, -0.2) is 4.39 Å². The van der Waals surface area contributed by atoms with Crippen molar-refractivity contribution in [1.82, 2.24) is 4.90 Å². The first-order valence-corrected chi connectivity index (χ1v) is 9.98. The Kier molecular flexibility index (Phi) is 5.86. The summed E-state index contributed by atoms with van der Waals surface area (Å²) in [5.74, 6) is 0.307. The number of benzene rings is 2. The lowest BCUT2D eigenvalue weighted by molar-refractivity contribution is -0.126. The Morgan fingerprint density at radius 1 is 1.07 bits per heavy atom. The summed E-state index contributed by atoms with van der Waals surface area (Å²) in [4.78, 5) is 14.6. The Labute approximate surface area is 171 Å². The number of carbonyl (C=O) groups excluding carboxylic acids is 1. The average Bonchev–Trinajstić information content (AvgIpc) is 3.35. The van der Waals surface area contributed by atoms with Crippen LogP contribution in [-0.2, 0) is 17.8 Å². The zero-order chi connectivity index (χ0) is 20.1. The minimum Gasteiger partial charge on any atom is -0.467 e. The van der Waals surface area contributed by atoms with Gasteiger partial charge < -0.3 is 4.42 Å². The monoisotopic (exact) mass is 407 g/mol. The fraction of sp³-hybridized carbons (Fsp3) is 0.136. The molecule has 5 nitrogen and oxygen atoms in total. The summed E-state index contributed by atoms with van der Waals surface area (Å²) in [7, 11) is 0. The van der Waals surface area contributed by atoms with Gasteiger partial charge in [0, 0.05) is 0 Å². The van der Waals surface area contributed by atoms with Crippen molar-refractivity contribution in [2.45, 2.75) is 18.2 Å². The van der Waals surface area contributed by atoms with Crippen LogP contribution in [0.1, 0.15) is 16.9 Å². The Bertz CT molecular complexity index is 1020. The molecule has 0 N–H and O–H groups in total. The molecule has 7 heteroatoms. The van der Waals surface area contributed by atoms with Gasteiger partial charge in [0.15, 0.2) is 5.17 Å². The second kappa shape index (κ2) is 8.87. The molecular formula is C22H18FN3O2S. The molecule has 1 fully saturated rings. The van der Waals surface area contributed by atoms with Crippen LogP contribution >= 0.6 is 11.8 Å². The lowest BCUT2D eigenvalue weighted by Crippen LogP contribution is -2.32. The van der Waals surface area contributed by atoms with Crippen LogP contribution in [-0.4, -0.2) is 27.4 Å². The Morgan fingerprint density at radius 3 is 2.59 bits per heavy atom. The molecule has 0 aliphatic carbocycles. The number of amides is 1. The summed E-state index contributed by atoms with van der Waals surface area (Å²) in [6, 6.07) is 19.4. The van der Waals surface area contributed by atoms with Gasteiger partial charge in [-0.05, 0) is 41.8 Å². The van der Waals surface area contributed by atoms with Crippen molar-refractivity contribution in [1.29, 1.82) is 0 Å². The van der Waals surface area contributed by atoms with Crippen molar-refractivity contribution in [2.75, 3.05) is 0 Å². The van der Waals surface area contributed by atoms with E-state index in [0.29, 0.717) is 23.9 Å². The van der Waals surface area contributed by atoms with E-state index >= 15 is 0 Å². The van der Waals surface area contributed by atoms with Crippen LogP contribution in [0.2, 0.25) is 0 Å². The van der Waals surface area contributed by atoms with E-state index in [0.717, 1.165) is 11.1 Å². The first-order chi connectivity index (χ1) is 14.2. The topological polar surface area (TPSA) is 58.2 Å². The van der Waals surface area contributed by atoms with E-state index in [4.69, 9.17) is 4.42 Å². The highest BCUT2D eigenvalue weighted by molar-refractivity contribution is 8.15. The van der Waals surface area contributed by atoms with Crippen molar-refractivity contribution in [3.05, 3.63) is 95.7 Å². The molecule has 1 aromatic heterocycles. The second-order valence-electron chi connectivity index (χ2n) is 6.48. The molecular weight excluding hydrogens is 389 g/mol. The summed E-state index contributed by atoms with van der Waals surface area (Å²) in [5.41, 5.74) is 1.82. The largest absolute Gasteiger partial charge is 0.467 e. The van der Waals surface area contributed by atoms with Gasteiger partial charge in [-0.15, -0.1) is 5.10 Å². The number of hydrogen-bond donors (Lipinski definition) is 0. The SMILES string of the molecule is O=C1C(Cc2ccc(F)cc2)S/C(=N/N=C/c2ccccc2)N1Cc1ccco1. The van der Waals surface area contributed by atoms with Crippen LogP contribution in [0.3, 0.4) is 0 Å². The first kappa shape index (κ1) is 19.1. The van der Waals surface area contributed by atoms with E-state index in [1.807, 2.05) is 36.4 Å². The van der Waals surface area contributed by atoms with Gasteiger partial charge in [0.05, 0.1) is 24.3 Å². The van der Waals surface area contributed by atoms with Gasteiger partial charge in [0.25, 0.3) is 0 Å². The van der Waals surface area contributed by atoms with Gasteiger partial charge in [-0.2, -0.15) is 5.10 Å². The number of furan rings is 1. The van der Waals surface area contributed by atoms with Gasteiger partial charge in [-0.1, -0.05) is 54.2 Å². The molecule has 0 saturated carbocycles. The quantitative estimate of drug-likeness (QED) is 0.447. The summed E-state index contributed by atoms with van der Waals surface area (Å²) in [6.45, 7) is 0.290. The lowest BCUT2D eigenvalue weighted by Gasteiger charge is -2.14. The molecule has 2 aromatic carbocycles. The summed E-state index contributed by atoms with van der Waals surface area (Å²) >= 11 is 1.36. The minimum absolute atomic E-state index is 0.0654. The molecule has 0 spiro atoms. The van der Waals surface area contributed by atoms with Gasteiger partial charge in [-0.3, -0.25) is 9.69 Å². The van der Waals surface area contributed by atoms with E-state index in [-0.39, 0.29) is 17.0 Å². The van der Waals surface area contributed by atoms with Crippen LogP contribution in [0.4, 0.5) is 4.39 Å². The van der Waals surface area contributed by atoms with Crippen LogP contribution < -0.4 is 0 Å². The lowest BCUT2D eigenvalue weighted by atomic mass is 10.1. The summed E-state index contributed by atoms with van der Waals surface area (Å²) < 4.78 is 18.6. The zero-order valence-corrected chi connectivity index (χ0v) is 16.3. The Morgan fingerprint density at radius 2 is 1.86 bits per heavy atom. The molecule has 1 unspecified atom stereocenters. The molecule has 0 radical (unpaired) electrons. The van der Waals surface area contributed by atoms with Gasteiger partial charge >= 0.3 is 0 Å². The van der Waals surface area contributed by atoms with Crippen molar-refractivity contribution in [3.63, 3.8) is 0 Å². The zero-order valence-electron chi connectivity index (χ0n) is 15.4. The molecule has 3 aromatic rings. The van der Waals surface area contributed by atoms with E-state index in [1.54, 1.807) is 35.6 Å². The molecule has 146 valence electrons. The molecule has 1 atom stereocenters. The maximum atomic E-state index is 13.2. The normalized spacial score (nSPS) is 18.2. The van der Waals surface area contributed by atoms with E-state index in [2.05, 4.69) is 10.2 Å². The third-order valence-corrected chi connectivity index (χ3v) is 5.56. The molecule has 0 bridgehead atoms. The third-order valence-electron chi connectivity index (χ3n) is 4.40. The Balaban J connectivity index is 1.54. The predicted octanol–water partition coefficient (Wildman–Crippen LogP) is 4.50. The molecule has 2 heterocycles. The van der Waals surface area contributed by atoms with Crippen molar-refractivity contribution in [3.8, 4) is 0 Å². The maximum Gasteiger partial charge on any atom is 0.242 e. The van der Waals surface area contributed by atoms with Crippen LogP contribution in [0.5, 0.6) is 0 Å². The highest BCUT2D eigenvalue weighted by Gasteiger charge is 2.38. The maximum absolute atomic E-state index is 13.2. The van der Waals surface area contributed by atoms with Crippen molar-refractivity contribution < 1.29 is 13.6 Å². The van der Waals surface area contributed by atoms with Crippen molar-refractivity contribution in [2.24, 2.45) is 10.2 Å². The second-order valence-corrected chi connectivity index (χ2v) is 7.65. The highest BCUT2D eigenvalue weighted by atomic mass is 32.2. The standard InChI is InChI=1S/C22H18FN3O2S/c23-18-10-8-16(9-11-18)13-20-21(27)26(15-19-7-4-12-28-19)22(29-20)25-24-14-17-5-2-1-3-6-17/h1-12,14,20H,13,15H2/b24-14+,25-22+. The highest BCUT2D eigenvalue weighted by Crippen LogP contribution is 2.31. The van der Waals surface area contributed by atoms with Crippen LogP contribution in [0.15, 0.2) is 87.6 Å². The number of carbonyl (C=O) groups is 1. The smallest absolute Gasteiger partial charge is 0.242 e. The fourth-order valence-electron chi connectivity index (χ4n) is 2.94. The number of hydrogen-bond acceptors (Lipinski definition) is 5. The number of halogens is 1. The summed E-state index contributed by atoms with van der Waals surface area (Å²) in [6.07, 6.45) is 3.71. The fourth-order valence-corrected chi connectivity index (χ4v) is 4.07. The number of nitrogens with zero attached hydrogens (tertiary/aromatic N) is 3. The molecule has 1 amide bonds. The van der Waals surface area contributed by atoms with E-state index in [9.17, 15) is 9.18 Å². The van der Waals surface area contributed by atoms with Crippen molar-refractivity contribution >= 4 is 29.1 Å². The number of amidine groups is 1. The molecule has 1 aliphatic rings. The van der Waals surface area contributed by atoms with E-state index < -0.39 is 0 Å². The van der Waals surface area contributed by atoms with Crippen LogP contribution in [0.25, 0.3) is 0 Å².